The number of hydrogen-bond donors (Lipinski definition) is 0. The Hall–Kier alpha value is -1.47. The third-order valence-electron chi connectivity index (χ3n) is 5.76. The SMILES string of the molecule is Cn1nnc2c1CCN(C(=O)CC1CC1)[C@@H]2COCCN1CCCC1. The summed E-state index contributed by atoms with van der Waals surface area (Å²) in [5.74, 6) is 0.861. The van der Waals surface area contributed by atoms with Crippen molar-refractivity contribution in [3.05, 3.63) is 11.4 Å². The van der Waals surface area contributed by atoms with Crippen molar-refractivity contribution in [2.75, 3.05) is 39.4 Å². The lowest BCUT2D eigenvalue weighted by molar-refractivity contribution is -0.136. The first-order chi connectivity index (χ1) is 12.2. The van der Waals surface area contributed by atoms with Crippen LogP contribution in [-0.2, 0) is 23.0 Å². The molecule has 0 N–H and O–H groups in total. The second kappa shape index (κ2) is 7.41. The molecule has 2 aliphatic heterocycles. The van der Waals surface area contributed by atoms with Gasteiger partial charge in [-0.25, -0.2) is 0 Å². The number of likely N-dealkylation sites (tertiary alicyclic amines) is 1. The molecule has 1 aliphatic carbocycles. The van der Waals surface area contributed by atoms with E-state index in [4.69, 9.17) is 4.74 Å². The van der Waals surface area contributed by atoms with E-state index in [2.05, 4.69) is 15.2 Å². The summed E-state index contributed by atoms with van der Waals surface area (Å²) in [6, 6.07) is -0.0812. The van der Waals surface area contributed by atoms with Gasteiger partial charge >= 0.3 is 0 Å². The van der Waals surface area contributed by atoms with Gasteiger partial charge in [-0.15, -0.1) is 5.10 Å². The zero-order chi connectivity index (χ0) is 17.2. The number of nitrogens with zero attached hydrogens (tertiary/aromatic N) is 5. The summed E-state index contributed by atoms with van der Waals surface area (Å²) < 4.78 is 7.83. The van der Waals surface area contributed by atoms with Gasteiger partial charge in [-0.05, 0) is 44.7 Å². The van der Waals surface area contributed by atoms with Crippen molar-refractivity contribution in [3.63, 3.8) is 0 Å². The van der Waals surface area contributed by atoms with Crippen LogP contribution in [0.4, 0.5) is 0 Å². The van der Waals surface area contributed by atoms with E-state index in [1.54, 1.807) is 0 Å². The lowest BCUT2D eigenvalue weighted by atomic mass is 10.0. The van der Waals surface area contributed by atoms with Gasteiger partial charge in [0.15, 0.2) is 0 Å². The highest BCUT2D eigenvalue weighted by molar-refractivity contribution is 5.77. The largest absolute Gasteiger partial charge is 0.378 e. The number of carbonyl (C=O) groups excluding carboxylic acids is 1. The Morgan fingerprint density at radius 2 is 2.04 bits per heavy atom. The molecule has 7 nitrogen and oxygen atoms in total. The first-order valence-corrected chi connectivity index (χ1v) is 9.70. The molecule has 2 fully saturated rings. The van der Waals surface area contributed by atoms with E-state index in [-0.39, 0.29) is 11.9 Å². The fourth-order valence-corrected chi connectivity index (χ4v) is 4.02. The number of carbonyl (C=O) groups is 1. The maximum Gasteiger partial charge on any atom is 0.223 e. The van der Waals surface area contributed by atoms with Gasteiger partial charge in [0.2, 0.25) is 5.91 Å². The minimum absolute atomic E-state index is 0.0812. The average molecular weight is 347 g/mol. The monoisotopic (exact) mass is 347 g/mol. The summed E-state index contributed by atoms with van der Waals surface area (Å²) in [5.41, 5.74) is 2.07. The standard InChI is InChI=1S/C18H29N5O2/c1-21-15-6-9-23(17(24)12-14-4-5-14)16(18(15)19-20-21)13-25-11-10-22-7-2-3-8-22/h14,16H,2-13H2,1H3/t16-/m1/s1. The topological polar surface area (TPSA) is 63.5 Å². The molecular weight excluding hydrogens is 318 g/mol. The Kier molecular flexibility index (Phi) is 5.03. The minimum atomic E-state index is -0.0812. The second-order valence-electron chi connectivity index (χ2n) is 7.67. The van der Waals surface area contributed by atoms with E-state index in [9.17, 15) is 4.79 Å². The molecule has 1 saturated heterocycles. The fourth-order valence-electron chi connectivity index (χ4n) is 4.02. The molecule has 0 aromatic carbocycles. The van der Waals surface area contributed by atoms with Crippen LogP contribution in [-0.4, -0.2) is 70.1 Å². The normalized spacial score (nSPS) is 23.9. The molecular formula is C18H29N5O2. The molecule has 1 saturated carbocycles. The van der Waals surface area contributed by atoms with Crippen LogP contribution in [0.3, 0.4) is 0 Å². The van der Waals surface area contributed by atoms with E-state index in [0.717, 1.165) is 37.5 Å². The zero-order valence-electron chi connectivity index (χ0n) is 15.2. The summed E-state index contributed by atoms with van der Waals surface area (Å²) in [4.78, 5) is 17.2. The van der Waals surface area contributed by atoms with E-state index in [1.807, 2.05) is 16.6 Å². The lowest BCUT2D eigenvalue weighted by Gasteiger charge is -2.35. The third-order valence-corrected chi connectivity index (χ3v) is 5.76. The molecule has 4 rings (SSSR count). The van der Waals surface area contributed by atoms with Gasteiger partial charge in [0, 0.05) is 33.0 Å². The number of fused-ring (bicyclic) bond motifs is 1. The van der Waals surface area contributed by atoms with Crippen LogP contribution in [0.5, 0.6) is 0 Å². The van der Waals surface area contributed by atoms with E-state index < -0.39 is 0 Å². The number of rotatable bonds is 7. The van der Waals surface area contributed by atoms with Crippen LogP contribution >= 0.6 is 0 Å². The van der Waals surface area contributed by atoms with Gasteiger partial charge in [0.25, 0.3) is 0 Å². The van der Waals surface area contributed by atoms with Crippen LogP contribution in [0.1, 0.15) is 49.5 Å². The summed E-state index contributed by atoms with van der Waals surface area (Å²) in [7, 11) is 1.93. The molecule has 0 spiro atoms. The summed E-state index contributed by atoms with van der Waals surface area (Å²) >= 11 is 0. The Morgan fingerprint density at radius 1 is 1.24 bits per heavy atom. The fraction of sp³-hybridized carbons (Fsp3) is 0.833. The quantitative estimate of drug-likeness (QED) is 0.693. The van der Waals surface area contributed by atoms with Crippen molar-refractivity contribution < 1.29 is 9.53 Å². The van der Waals surface area contributed by atoms with Crippen molar-refractivity contribution in [1.82, 2.24) is 24.8 Å². The molecule has 0 unspecified atom stereocenters. The van der Waals surface area contributed by atoms with Gasteiger partial charge < -0.3 is 14.5 Å². The Bertz CT molecular complexity index is 607. The molecule has 138 valence electrons. The molecule has 3 heterocycles. The van der Waals surface area contributed by atoms with Crippen molar-refractivity contribution in [2.45, 2.75) is 44.6 Å². The minimum Gasteiger partial charge on any atom is -0.378 e. The number of ether oxygens (including phenoxy) is 1. The first-order valence-electron chi connectivity index (χ1n) is 9.70. The highest BCUT2D eigenvalue weighted by Gasteiger charge is 2.36. The smallest absolute Gasteiger partial charge is 0.223 e. The molecule has 0 bridgehead atoms. The molecule has 1 amide bonds. The zero-order valence-corrected chi connectivity index (χ0v) is 15.2. The summed E-state index contributed by atoms with van der Waals surface area (Å²) in [6.45, 7) is 5.35. The van der Waals surface area contributed by atoms with Gasteiger partial charge in [-0.2, -0.15) is 0 Å². The molecule has 3 aliphatic rings. The van der Waals surface area contributed by atoms with Gasteiger partial charge in [0.05, 0.1) is 18.9 Å². The highest BCUT2D eigenvalue weighted by atomic mass is 16.5. The summed E-state index contributed by atoms with van der Waals surface area (Å²) in [5, 5.41) is 8.52. The van der Waals surface area contributed by atoms with Crippen LogP contribution in [0, 0.1) is 5.92 Å². The van der Waals surface area contributed by atoms with Gasteiger partial charge in [0.1, 0.15) is 11.7 Å². The Morgan fingerprint density at radius 3 is 2.80 bits per heavy atom. The molecule has 7 heteroatoms. The predicted octanol–water partition coefficient (Wildman–Crippen LogP) is 1.15. The van der Waals surface area contributed by atoms with E-state index >= 15 is 0 Å². The van der Waals surface area contributed by atoms with Gasteiger partial charge in [-0.3, -0.25) is 9.48 Å². The van der Waals surface area contributed by atoms with Crippen molar-refractivity contribution in [1.29, 1.82) is 0 Å². The third kappa shape index (κ3) is 3.87. The molecule has 0 radical (unpaired) electrons. The van der Waals surface area contributed by atoms with Crippen LogP contribution in [0.25, 0.3) is 0 Å². The number of amides is 1. The number of hydrogen-bond acceptors (Lipinski definition) is 5. The molecule has 1 atom stereocenters. The molecule has 1 aromatic rings. The lowest BCUT2D eigenvalue weighted by Crippen LogP contribution is -2.42. The molecule has 25 heavy (non-hydrogen) atoms. The molecule has 1 aromatic heterocycles. The maximum absolute atomic E-state index is 12.7. The van der Waals surface area contributed by atoms with Crippen LogP contribution in [0.15, 0.2) is 0 Å². The van der Waals surface area contributed by atoms with Crippen LogP contribution < -0.4 is 0 Å². The average Bonchev–Trinajstić information content (AvgIpc) is 3.12. The highest BCUT2D eigenvalue weighted by Crippen LogP contribution is 2.35. The predicted molar refractivity (Wildman–Crippen MR) is 93.0 cm³/mol. The van der Waals surface area contributed by atoms with Gasteiger partial charge in [-0.1, -0.05) is 5.21 Å². The van der Waals surface area contributed by atoms with Crippen LogP contribution in [0.2, 0.25) is 0 Å². The Balaban J connectivity index is 1.38. The second-order valence-corrected chi connectivity index (χ2v) is 7.67. The van der Waals surface area contributed by atoms with E-state index in [1.165, 1.54) is 38.8 Å². The van der Waals surface area contributed by atoms with Crippen molar-refractivity contribution in [2.24, 2.45) is 13.0 Å². The summed E-state index contributed by atoms with van der Waals surface area (Å²) in [6.07, 6.45) is 6.52. The maximum atomic E-state index is 12.7. The number of aryl methyl sites for hydroxylation is 1. The first kappa shape index (κ1) is 17.0. The van der Waals surface area contributed by atoms with E-state index in [0.29, 0.717) is 18.9 Å². The van der Waals surface area contributed by atoms with Crippen molar-refractivity contribution in [3.8, 4) is 0 Å². The number of aromatic nitrogens is 3. The Labute approximate surface area is 149 Å². The van der Waals surface area contributed by atoms with Crippen molar-refractivity contribution >= 4 is 5.91 Å².